The standard InChI is InChI=1S/C24H33Br2NO/c25-18-8-6-17-12-16(22-11-9-19(26)14-24(22)23(17)13-18)7-10-21(28)15-27-20-4-2-1-3-5-20/h2,4,7-8,17,19-21,23,27-28H,1,3,5-6,9-15H2/b16-7-. The largest absolute Gasteiger partial charge is 0.391 e. The number of hydrogen-bond donors (Lipinski definition) is 2. The number of nitrogens with one attached hydrogen (secondary N) is 1. The Morgan fingerprint density at radius 1 is 1.25 bits per heavy atom. The molecule has 5 atom stereocenters. The molecule has 5 unspecified atom stereocenters. The first-order chi connectivity index (χ1) is 13.6. The van der Waals surface area contributed by atoms with Crippen molar-refractivity contribution in [3.05, 3.63) is 45.5 Å². The molecule has 0 saturated carbocycles. The molecule has 0 saturated heterocycles. The van der Waals surface area contributed by atoms with Crippen molar-refractivity contribution in [1.82, 2.24) is 5.32 Å². The molecule has 2 nitrogen and oxygen atoms in total. The molecule has 0 fully saturated rings. The van der Waals surface area contributed by atoms with Crippen LogP contribution in [0.15, 0.2) is 45.5 Å². The molecule has 0 radical (unpaired) electrons. The monoisotopic (exact) mass is 509 g/mol. The first-order valence-corrected chi connectivity index (χ1v) is 12.8. The molecule has 2 N–H and O–H groups in total. The molecule has 0 aromatic carbocycles. The van der Waals surface area contributed by atoms with Crippen LogP contribution >= 0.6 is 31.9 Å². The smallest absolute Gasteiger partial charge is 0.0699 e. The van der Waals surface area contributed by atoms with Gasteiger partial charge in [-0.3, -0.25) is 0 Å². The van der Waals surface area contributed by atoms with Gasteiger partial charge in [0.05, 0.1) is 6.10 Å². The molecular weight excluding hydrogens is 478 g/mol. The highest BCUT2D eigenvalue weighted by Gasteiger charge is 2.37. The second-order valence-electron chi connectivity index (χ2n) is 9.00. The Kier molecular flexibility index (Phi) is 7.35. The molecule has 0 spiro atoms. The van der Waals surface area contributed by atoms with E-state index in [0.29, 0.717) is 17.4 Å². The van der Waals surface area contributed by atoms with Gasteiger partial charge in [-0.25, -0.2) is 0 Å². The summed E-state index contributed by atoms with van der Waals surface area (Å²) in [4.78, 5) is 0.634. The molecule has 4 rings (SSSR count). The lowest BCUT2D eigenvalue weighted by molar-refractivity contribution is 0.171. The predicted molar refractivity (Wildman–Crippen MR) is 125 cm³/mol. The van der Waals surface area contributed by atoms with Crippen molar-refractivity contribution < 1.29 is 5.11 Å². The van der Waals surface area contributed by atoms with E-state index in [1.165, 1.54) is 62.3 Å². The van der Waals surface area contributed by atoms with Crippen LogP contribution in [0.3, 0.4) is 0 Å². The lowest BCUT2D eigenvalue weighted by atomic mass is 9.65. The molecule has 0 bridgehead atoms. The number of aliphatic hydroxyl groups excluding tert-OH is 1. The number of aliphatic hydroxyl groups is 1. The first kappa shape index (κ1) is 21.1. The number of alkyl halides is 1. The zero-order chi connectivity index (χ0) is 19.5. The Bertz CT molecular complexity index is 693. The third-order valence-corrected chi connectivity index (χ3v) is 8.42. The van der Waals surface area contributed by atoms with Crippen LogP contribution in [0.4, 0.5) is 0 Å². The van der Waals surface area contributed by atoms with Gasteiger partial charge in [0, 0.05) is 17.4 Å². The molecule has 0 aromatic rings. The second kappa shape index (κ2) is 9.76. The fourth-order valence-electron chi connectivity index (χ4n) is 5.45. The van der Waals surface area contributed by atoms with Crippen molar-refractivity contribution in [2.45, 2.75) is 81.2 Å². The minimum atomic E-state index is -0.294. The van der Waals surface area contributed by atoms with Crippen LogP contribution in [-0.2, 0) is 0 Å². The summed E-state index contributed by atoms with van der Waals surface area (Å²) < 4.78 is 1.39. The number of hydrogen-bond acceptors (Lipinski definition) is 2. The van der Waals surface area contributed by atoms with E-state index in [1.807, 2.05) is 0 Å². The third-order valence-electron chi connectivity index (χ3n) is 6.99. The predicted octanol–water partition coefficient (Wildman–Crippen LogP) is 6.31. The average molecular weight is 511 g/mol. The molecule has 0 aliphatic heterocycles. The van der Waals surface area contributed by atoms with E-state index < -0.39 is 0 Å². The van der Waals surface area contributed by atoms with Gasteiger partial charge in [0.1, 0.15) is 0 Å². The zero-order valence-corrected chi connectivity index (χ0v) is 19.8. The van der Waals surface area contributed by atoms with E-state index in [0.717, 1.165) is 18.3 Å². The van der Waals surface area contributed by atoms with Crippen molar-refractivity contribution in [3.63, 3.8) is 0 Å². The average Bonchev–Trinajstić information content (AvgIpc) is 2.71. The lowest BCUT2D eigenvalue weighted by Crippen LogP contribution is -2.35. The highest BCUT2D eigenvalue weighted by Crippen LogP contribution is 2.51. The van der Waals surface area contributed by atoms with Gasteiger partial charge in [0.2, 0.25) is 0 Å². The van der Waals surface area contributed by atoms with E-state index in [9.17, 15) is 5.11 Å². The molecule has 154 valence electrons. The Balaban J connectivity index is 1.43. The first-order valence-electron chi connectivity index (χ1n) is 11.1. The van der Waals surface area contributed by atoms with Crippen LogP contribution < -0.4 is 5.32 Å². The fraction of sp³-hybridized carbons (Fsp3) is 0.667. The Labute approximate surface area is 186 Å². The summed E-state index contributed by atoms with van der Waals surface area (Å²) in [5, 5.41) is 14.1. The highest BCUT2D eigenvalue weighted by atomic mass is 79.9. The third kappa shape index (κ3) is 5.11. The summed E-state index contributed by atoms with van der Waals surface area (Å²) in [7, 11) is 0. The summed E-state index contributed by atoms with van der Waals surface area (Å²) in [6, 6.07) is 0.447. The van der Waals surface area contributed by atoms with Crippen LogP contribution in [0.25, 0.3) is 0 Å². The van der Waals surface area contributed by atoms with Crippen molar-refractivity contribution in [2.75, 3.05) is 6.54 Å². The van der Waals surface area contributed by atoms with Gasteiger partial charge in [-0.1, -0.05) is 61.7 Å². The lowest BCUT2D eigenvalue weighted by Gasteiger charge is -2.42. The van der Waals surface area contributed by atoms with Gasteiger partial charge in [-0.15, -0.1) is 0 Å². The fourth-order valence-corrected chi connectivity index (χ4v) is 6.56. The summed E-state index contributed by atoms with van der Waals surface area (Å²) in [6.07, 6.45) is 20.6. The highest BCUT2D eigenvalue weighted by molar-refractivity contribution is 9.11. The van der Waals surface area contributed by atoms with Crippen molar-refractivity contribution in [3.8, 4) is 0 Å². The topological polar surface area (TPSA) is 32.3 Å². The molecule has 28 heavy (non-hydrogen) atoms. The number of allylic oxidation sites excluding steroid dienone is 6. The number of rotatable bonds is 5. The summed E-state index contributed by atoms with van der Waals surface area (Å²) in [6.45, 7) is 0.690. The van der Waals surface area contributed by atoms with Crippen molar-refractivity contribution in [1.29, 1.82) is 0 Å². The van der Waals surface area contributed by atoms with Gasteiger partial charge in [-0.2, -0.15) is 0 Å². The Morgan fingerprint density at radius 2 is 2.14 bits per heavy atom. The van der Waals surface area contributed by atoms with E-state index in [-0.39, 0.29) is 6.10 Å². The zero-order valence-electron chi connectivity index (χ0n) is 16.7. The van der Waals surface area contributed by atoms with Crippen LogP contribution in [0.5, 0.6) is 0 Å². The van der Waals surface area contributed by atoms with Crippen molar-refractivity contribution >= 4 is 31.9 Å². The van der Waals surface area contributed by atoms with E-state index in [1.54, 1.807) is 16.7 Å². The Morgan fingerprint density at radius 3 is 2.96 bits per heavy atom. The van der Waals surface area contributed by atoms with E-state index in [4.69, 9.17) is 0 Å². The van der Waals surface area contributed by atoms with Crippen LogP contribution in [-0.4, -0.2) is 28.6 Å². The quantitative estimate of drug-likeness (QED) is 0.335. The summed E-state index contributed by atoms with van der Waals surface area (Å²) >= 11 is 7.65. The van der Waals surface area contributed by atoms with Gasteiger partial charge < -0.3 is 10.4 Å². The van der Waals surface area contributed by atoms with Gasteiger partial charge >= 0.3 is 0 Å². The summed E-state index contributed by atoms with van der Waals surface area (Å²) in [5.41, 5.74) is 4.88. The molecule has 4 aliphatic rings. The van der Waals surface area contributed by atoms with Crippen LogP contribution in [0.1, 0.15) is 64.2 Å². The van der Waals surface area contributed by atoms with Gasteiger partial charge in [0.25, 0.3) is 0 Å². The normalized spacial score (nSPS) is 35.4. The van der Waals surface area contributed by atoms with Crippen molar-refractivity contribution in [2.24, 2.45) is 11.8 Å². The number of fused-ring (bicyclic) bond motifs is 2. The van der Waals surface area contributed by atoms with E-state index >= 15 is 0 Å². The minimum Gasteiger partial charge on any atom is -0.391 e. The van der Waals surface area contributed by atoms with E-state index in [2.05, 4.69) is 61.5 Å². The van der Waals surface area contributed by atoms with Gasteiger partial charge in [0.15, 0.2) is 0 Å². The maximum atomic E-state index is 10.5. The summed E-state index contributed by atoms with van der Waals surface area (Å²) in [5.74, 6) is 1.46. The number of halogens is 2. The molecule has 0 amide bonds. The Hall–Kier alpha value is -0.160. The van der Waals surface area contributed by atoms with Crippen LogP contribution in [0.2, 0.25) is 0 Å². The molecule has 0 heterocycles. The molecule has 4 aliphatic carbocycles. The minimum absolute atomic E-state index is 0.294. The van der Waals surface area contributed by atoms with Crippen LogP contribution in [0, 0.1) is 11.8 Å². The second-order valence-corrected chi connectivity index (χ2v) is 11.3. The maximum absolute atomic E-state index is 10.5. The SMILES string of the molecule is OC(C/C=C1/CC2CC=C(Br)CC2C2=C1CCC(Br)C2)CNC1C=CCCC1. The molecular formula is C24H33Br2NO. The maximum Gasteiger partial charge on any atom is 0.0699 e. The molecule has 0 aromatic heterocycles. The molecule has 4 heteroatoms. The van der Waals surface area contributed by atoms with Gasteiger partial charge in [-0.05, 0) is 91.7 Å².